The Morgan fingerprint density at radius 1 is 1.50 bits per heavy atom. The minimum absolute atomic E-state index is 1.20. The summed E-state index contributed by atoms with van der Waals surface area (Å²) in [7, 11) is 0. The second-order valence-corrected chi connectivity index (χ2v) is 2.23. The van der Waals surface area contributed by atoms with Crippen LogP contribution in [0.4, 0.5) is 0 Å². The van der Waals surface area contributed by atoms with E-state index in [0.29, 0.717) is 0 Å². The van der Waals surface area contributed by atoms with Crippen molar-refractivity contribution >= 4 is 6.21 Å². The maximum absolute atomic E-state index is 3.92. The molecule has 0 saturated carbocycles. The third kappa shape index (κ3) is 0.399. The lowest BCUT2D eigenvalue weighted by Gasteiger charge is -1.82. The Labute approximate surface area is 48.3 Å². The fraction of sp³-hybridized carbons (Fsp3) is 0.500. The molecule has 1 N–H and O–H groups in total. The first-order valence-corrected chi connectivity index (χ1v) is 2.98. The van der Waals surface area contributed by atoms with Crippen molar-refractivity contribution in [1.29, 1.82) is 0 Å². The van der Waals surface area contributed by atoms with Crippen LogP contribution in [0.2, 0.25) is 0 Å². The summed E-state index contributed by atoms with van der Waals surface area (Å²) >= 11 is 0. The molecule has 0 saturated heterocycles. The predicted molar refractivity (Wildman–Crippen MR) is 32.2 cm³/mol. The van der Waals surface area contributed by atoms with Gasteiger partial charge in [0.15, 0.2) is 5.10 Å². The molecule has 8 heavy (non-hydrogen) atoms. The molecule has 0 fully saturated rings. The molecule has 0 unspecified atom stereocenters. The van der Waals surface area contributed by atoms with E-state index in [1.165, 1.54) is 30.5 Å². The van der Waals surface area contributed by atoms with Gasteiger partial charge in [0.2, 0.25) is 0 Å². The Bertz CT molecular complexity index is 167. The van der Waals surface area contributed by atoms with Gasteiger partial charge in [0.05, 0.1) is 11.3 Å². The van der Waals surface area contributed by atoms with E-state index in [4.69, 9.17) is 0 Å². The first-order chi connectivity index (χ1) is 3.97. The molecular formula is C6H8N2+. The van der Waals surface area contributed by atoms with Crippen LogP contribution in [-0.2, 0) is 0 Å². The van der Waals surface area contributed by atoms with Gasteiger partial charge in [0.1, 0.15) is 0 Å². The van der Waals surface area contributed by atoms with E-state index in [0.717, 1.165) is 0 Å². The Balaban J connectivity index is 2.33. The van der Waals surface area contributed by atoms with Gasteiger partial charge in [-0.15, -0.1) is 5.43 Å². The lowest BCUT2D eigenvalue weighted by Crippen LogP contribution is -2.08. The third-order valence-electron chi connectivity index (χ3n) is 1.68. The van der Waals surface area contributed by atoms with Crippen molar-refractivity contribution in [3.05, 3.63) is 11.3 Å². The van der Waals surface area contributed by atoms with E-state index in [1.807, 2.05) is 6.21 Å². The standard InChI is InChI=1S/C6H8N2/c1-2-5-4-7-8-6(5)3-1/h4,8H,1-3H2/q+1. The SMILES string of the molecule is C1=[N+]NC2=C1CCC2. The van der Waals surface area contributed by atoms with Gasteiger partial charge >= 0.3 is 0 Å². The maximum Gasteiger partial charge on any atom is 0.280 e. The highest BCUT2D eigenvalue weighted by Crippen LogP contribution is 2.22. The van der Waals surface area contributed by atoms with Crippen molar-refractivity contribution in [1.82, 2.24) is 10.5 Å². The van der Waals surface area contributed by atoms with Crippen molar-refractivity contribution in [3.63, 3.8) is 0 Å². The molecule has 1 radical (unpaired) electrons. The van der Waals surface area contributed by atoms with Crippen LogP contribution < -0.4 is 10.5 Å². The number of nitrogens with zero attached hydrogens (tertiary/aromatic N) is 1. The van der Waals surface area contributed by atoms with Crippen LogP contribution in [0.5, 0.6) is 0 Å². The summed E-state index contributed by atoms with van der Waals surface area (Å²) in [4.78, 5) is 0. The first-order valence-electron chi connectivity index (χ1n) is 2.98. The van der Waals surface area contributed by atoms with Gasteiger partial charge in [-0.1, -0.05) is 0 Å². The Morgan fingerprint density at radius 2 is 2.50 bits per heavy atom. The van der Waals surface area contributed by atoms with Gasteiger partial charge in [-0.25, -0.2) is 0 Å². The minimum Gasteiger partial charge on any atom is -0.105 e. The molecule has 1 aliphatic heterocycles. The van der Waals surface area contributed by atoms with Crippen LogP contribution in [0.25, 0.3) is 0 Å². The Kier molecular flexibility index (Phi) is 0.692. The summed E-state index contributed by atoms with van der Waals surface area (Å²) < 4.78 is 0. The molecule has 2 nitrogen and oxygen atoms in total. The number of rotatable bonds is 0. The largest absolute Gasteiger partial charge is 0.280 e. The van der Waals surface area contributed by atoms with Crippen molar-refractivity contribution in [3.8, 4) is 0 Å². The van der Waals surface area contributed by atoms with Gasteiger partial charge in [-0.3, -0.25) is 0 Å². The quantitative estimate of drug-likeness (QED) is 0.476. The van der Waals surface area contributed by atoms with Crippen LogP contribution >= 0.6 is 0 Å². The van der Waals surface area contributed by atoms with Crippen molar-refractivity contribution in [2.24, 2.45) is 0 Å². The summed E-state index contributed by atoms with van der Waals surface area (Å²) in [6.07, 6.45) is 5.67. The van der Waals surface area contributed by atoms with Crippen LogP contribution in [0.1, 0.15) is 19.3 Å². The molecule has 2 rings (SSSR count). The second-order valence-electron chi connectivity index (χ2n) is 2.23. The van der Waals surface area contributed by atoms with E-state index in [2.05, 4.69) is 10.5 Å². The average Bonchev–Trinajstić information content (AvgIpc) is 2.15. The van der Waals surface area contributed by atoms with E-state index in [9.17, 15) is 0 Å². The second kappa shape index (κ2) is 1.34. The lowest BCUT2D eigenvalue weighted by molar-refractivity contribution is 0.761. The number of hydrogen-bond acceptors (Lipinski definition) is 2. The molecule has 2 aliphatic rings. The summed E-state index contributed by atoms with van der Waals surface area (Å²) in [5, 5.41) is 3.92. The normalized spacial score (nSPS) is 24.0. The van der Waals surface area contributed by atoms with Crippen LogP contribution in [0, 0.1) is 0 Å². The van der Waals surface area contributed by atoms with Gasteiger partial charge in [-0.2, -0.15) is 0 Å². The highest BCUT2D eigenvalue weighted by atomic mass is 15.3. The maximum atomic E-state index is 3.92. The van der Waals surface area contributed by atoms with Crippen LogP contribution in [-0.4, -0.2) is 6.21 Å². The number of allylic oxidation sites excluding steroid dienone is 2. The summed E-state index contributed by atoms with van der Waals surface area (Å²) in [6, 6.07) is 0. The highest BCUT2D eigenvalue weighted by molar-refractivity contribution is 5.81. The van der Waals surface area contributed by atoms with Crippen LogP contribution in [0.15, 0.2) is 11.3 Å². The zero-order valence-electron chi connectivity index (χ0n) is 4.65. The van der Waals surface area contributed by atoms with Gasteiger partial charge in [0, 0.05) is 0 Å². The minimum atomic E-state index is 1.20. The van der Waals surface area contributed by atoms with Gasteiger partial charge < -0.3 is 0 Å². The van der Waals surface area contributed by atoms with Crippen molar-refractivity contribution in [2.45, 2.75) is 19.3 Å². The van der Waals surface area contributed by atoms with Gasteiger partial charge in [0.25, 0.3) is 6.21 Å². The zero-order chi connectivity index (χ0) is 5.40. The summed E-state index contributed by atoms with van der Waals surface area (Å²) in [6.45, 7) is 0. The van der Waals surface area contributed by atoms with E-state index >= 15 is 0 Å². The van der Waals surface area contributed by atoms with E-state index < -0.39 is 0 Å². The topological polar surface area (TPSA) is 26.1 Å². The first kappa shape index (κ1) is 4.13. The van der Waals surface area contributed by atoms with Crippen molar-refractivity contribution < 1.29 is 0 Å². The molecule has 1 heterocycles. The molecule has 0 spiro atoms. The zero-order valence-corrected chi connectivity index (χ0v) is 4.65. The van der Waals surface area contributed by atoms with E-state index in [-0.39, 0.29) is 0 Å². The molecule has 0 aromatic heterocycles. The molecule has 0 atom stereocenters. The molecule has 41 valence electrons. The molecule has 1 aliphatic carbocycles. The monoisotopic (exact) mass is 108 g/mol. The summed E-state index contributed by atoms with van der Waals surface area (Å²) in [5.74, 6) is 0. The number of hydrazone groups is 1. The molecule has 0 aromatic rings. The Morgan fingerprint density at radius 3 is 3.38 bits per heavy atom. The average molecular weight is 108 g/mol. The highest BCUT2D eigenvalue weighted by Gasteiger charge is 2.23. The lowest BCUT2D eigenvalue weighted by atomic mass is 10.2. The molecule has 2 heteroatoms. The fourth-order valence-electron chi connectivity index (χ4n) is 1.23. The Hall–Kier alpha value is -0.790. The number of hydrogen-bond donors (Lipinski definition) is 1. The summed E-state index contributed by atoms with van der Waals surface area (Å²) in [5.41, 5.74) is 5.74. The number of nitrogens with one attached hydrogen (secondary N) is 1. The molecule has 0 amide bonds. The predicted octanol–water partition coefficient (Wildman–Crippen LogP) is 0.349. The fourth-order valence-corrected chi connectivity index (χ4v) is 1.23. The van der Waals surface area contributed by atoms with E-state index in [1.54, 1.807) is 0 Å². The van der Waals surface area contributed by atoms with Crippen molar-refractivity contribution in [2.75, 3.05) is 0 Å². The smallest absolute Gasteiger partial charge is 0.105 e. The van der Waals surface area contributed by atoms with Crippen LogP contribution in [0.3, 0.4) is 0 Å². The van der Waals surface area contributed by atoms with Gasteiger partial charge in [-0.05, 0) is 19.3 Å². The molecule has 0 bridgehead atoms. The molecular weight excluding hydrogens is 100 g/mol. The third-order valence-corrected chi connectivity index (χ3v) is 1.68. The molecule has 0 aromatic carbocycles.